The highest BCUT2D eigenvalue weighted by Gasteiger charge is 2.20. The van der Waals surface area contributed by atoms with Crippen molar-refractivity contribution in [1.82, 2.24) is 4.98 Å². The third-order valence-corrected chi connectivity index (χ3v) is 3.52. The van der Waals surface area contributed by atoms with Crippen LogP contribution in [-0.4, -0.2) is 38.7 Å². The van der Waals surface area contributed by atoms with Crippen molar-refractivity contribution in [2.75, 3.05) is 13.2 Å². The number of aromatic nitrogens is 1. The van der Waals surface area contributed by atoms with Gasteiger partial charge in [-0.2, -0.15) is 0 Å². The average Bonchev–Trinajstić information content (AvgIpc) is 2.96. The van der Waals surface area contributed by atoms with E-state index in [2.05, 4.69) is 4.98 Å². The molecule has 1 saturated heterocycles. The Morgan fingerprint density at radius 1 is 1.61 bits per heavy atom. The predicted octanol–water partition coefficient (Wildman–Crippen LogP) is -0.00210. The fraction of sp³-hybridized carbons (Fsp3) is 0.500. The molecule has 2 rings (SSSR count). The molecule has 1 atom stereocenters. The molecule has 0 aromatic carbocycles. The van der Waals surface area contributed by atoms with E-state index in [1.54, 1.807) is 0 Å². The van der Waals surface area contributed by atoms with Crippen LogP contribution in [0.5, 0.6) is 0 Å². The third-order valence-electron chi connectivity index (χ3n) is 2.63. The van der Waals surface area contributed by atoms with E-state index in [4.69, 9.17) is 14.6 Å². The van der Waals surface area contributed by atoms with Crippen LogP contribution >= 0.6 is 0 Å². The molecule has 0 saturated carbocycles. The Labute approximate surface area is 104 Å². The minimum atomic E-state index is -3.81. The van der Waals surface area contributed by atoms with Crippen LogP contribution in [0.2, 0.25) is 0 Å². The number of sulfonamides is 1. The SMILES string of the molecule is NS(=O)(=O)c1c[nH]c(C(=O)OCC2CCCO2)c1. The van der Waals surface area contributed by atoms with Crippen LogP contribution in [0.25, 0.3) is 0 Å². The molecule has 0 aliphatic carbocycles. The molecule has 2 heterocycles. The summed E-state index contributed by atoms with van der Waals surface area (Å²) >= 11 is 0. The molecule has 1 unspecified atom stereocenters. The van der Waals surface area contributed by atoms with Crippen LogP contribution in [0.1, 0.15) is 23.3 Å². The molecule has 8 heteroatoms. The molecule has 1 aromatic rings. The second-order valence-corrected chi connectivity index (χ2v) is 5.59. The molecule has 0 radical (unpaired) electrons. The number of primary sulfonamides is 1. The first-order chi connectivity index (χ1) is 8.47. The van der Waals surface area contributed by atoms with Gasteiger partial charge in [0.2, 0.25) is 10.0 Å². The molecule has 0 amide bonds. The monoisotopic (exact) mass is 274 g/mol. The number of esters is 1. The van der Waals surface area contributed by atoms with Crippen molar-refractivity contribution in [3.05, 3.63) is 18.0 Å². The number of nitrogens with two attached hydrogens (primary N) is 1. The van der Waals surface area contributed by atoms with Gasteiger partial charge in [0, 0.05) is 12.8 Å². The lowest BCUT2D eigenvalue weighted by molar-refractivity contribution is 0.0157. The van der Waals surface area contributed by atoms with Gasteiger partial charge in [0.15, 0.2) is 0 Å². The summed E-state index contributed by atoms with van der Waals surface area (Å²) in [7, 11) is -3.81. The number of aromatic amines is 1. The quantitative estimate of drug-likeness (QED) is 0.750. The summed E-state index contributed by atoms with van der Waals surface area (Å²) in [5.41, 5.74) is 0.0528. The van der Waals surface area contributed by atoms with E-state index in [-0.39, 0.29) is 23.3 Å². The summed E-state index contributed by atoms with van der Waals surface area (Å²) in [6.45, 7) is 0.850. The zero-order valence-corrected chi connectivity index (χ0v) is 10.4. The number of hydrogen-bond acceptors (Lipinski definition) is 5. The molecule has 1 aliphatic heterocycles. The van der Waals surface area contributed by atoms with Crippen molar-refractivity contribution in [3.63, 3.8) is 0 Å². The molecular weight excluding hydrogens is 260 g/mol. The van der Waals surface area contributed by atoms with E-state index in [1.165, 1.54) is 0 Å². The molecule has 3 N–H and O–H groups in total. The van der Waals surface area contributed by atoms with Gasteiger partial charge in [-0.15, -0.1) is 0 Å². The second kappa shape index (κ2) is 5.09. The number of nitrogens with one attached hydrogen (secondary N) is 1. The van der Waals surface area contributed by atoms with E-state index < -0.39 is 16.0 Å². The van der Waals surface area contributed by atoms with Gasteiger partial charge >= 0.3 is 5.97 Å². The van der Waals surface area contributed by atoms with E-state index in [0.717, 1.165) is 25.1 Å². The largest absolute Gasteiger partial charge is 0.458 e. The Bertz CT molecular complexity index is 530. The lowest BCUT2D eigenvalue weighted by Gasteiger charge is -2.09. The summed E-state index contributed by atoms with van der Waals surface area (Å²) < 4.78 is 32.3. The van der Waals surface area contributed by atoms with E-state index >= 15 is 0 Å². The van der Waals surface area contributed by atoms with Crippen molar-refractivity contribution >= 4 is 16.0 Å². The number of carbonyl (C=O) groups is 1. The molecule has 100 valence electrons. The van der Waals surface area contributed by atoms with Crippen LogP contribution in [0, 0.1) is 0 Å². The molecule has 1 aromatic heterocycles. The summed E-state index contributed by atoms with van der Waals surface area (Å²) in [6.07, 6.45) is 2.90. The van der Waals surface area contributed by atoms with Gasteiger partial charge in [-0.05, 0) is 18.9 Å². The molecule has 0 bridgehead atoms. The van der Waals surface area contributed by atoms with Gasteiger partial charge in [-0.3, -0.25) is 0 Å². The lowest BCUT2D eigenvalue weighted by Crippen LogP contribution is -2.18. The zero-order chi connectivity index (χ0) is 13.2. The third kappa shape index (κ3) is 3.09. The molecule has 18 heavy (non-hydrogen) atoms. The van der Waals surface area contributed by atoms with Gasteiger partial charge in [0.05, 0.1) is 6.10 Å². The van der Waals surface area contributed by atoms with Crippen LogP contribution < -0.4 is 5.14 Å². The number of H-pyrrole nitrogens is 1. The Balaban J connectivity index is 1.94. The van der Waals surface area contributed by atoms with Gasteiger partial charge in [0.25, 0.3) is 0 Å². The van der Waals surface area contributed by atoms with Gasteiger partial charge in [-0.25, -0.2) is 18.4 Å². The maximum Gasteiger partial charge on any atom is 0.354 e. The maximum atomic E-state index is 11.6. The lowest BCUT2D eigenvalue weighted by atomic mass is 10.2. The van der Waals surface area contributed by atoms with Crippen LogP contribution in [0.15, 0.2) is 17.2 Å². The summed E-state index contributed by atoms with van der Waals surface area (Å²) in [6, 6.07) is 1.15. The summed E-state index contributed by atoms with van der Waals surface area (Å²) in [5, 5.41) is 4.92. The average molecular weight is 274 g/mol. The maximum absolute atomic E-state index is 11.6. The minimum Gasteiger partial charge on any atom is -0.458 e. The van der Waals surface area contributed by atoms with Gasteiger partial charge in [0.1, 0.15) is 17.2 Å². The fourth-order valence-corrected chi connectivity index (χ4v) is 2.18. The van der Waals surface area contributed by atoms with Crippen molar-refractivity contribution in [3.8, 4) is 0 Å². The molecule has 0 spiro atoms. The first kappa shape index (κ1) is 13.1. The van der Waals surface area contributed by atoms with Gasteiger partial charge in [-0.1, -0.05) is 0 Å². The predicted molar refractivity (Wildman–Crippen MR) is 61.4 cm³/mol. The normalized spacial score (nSPS) is 19.9. The Morgan fingerprint density at radius 2 is 2.39 bits per heavy atom. The summed E-state index contributed by atoms with van der Waals surface area (Å²) in [4.78, 5) is 14.0. The summed E-state index contributed by atoms with van der Waals surface area (Å²) in [5.74, 6) is -0.625. The number of hydrogen-bond donors (Lipinski definition) is 2. The van der Waals surface area contributed by atoms with Crippen LogP contribution in [0.3, 0.4) is 0 Å². The van der Waals surface area contributed by atoms with E-state index in [1.807, 2.05) is 0 Å². The van der Waals surface area contributed by atoms with Crippen LogP contribution in [-0.2, 0) is 19.5 Å². The van der Waals surface area contributed by atoms with Crippen molar-refractivity contribution < 1.29 is 22.7 Å². The highest BCUT2D eigenvalue weighted by molar-refractivity contribution is 7.89. The molecule has 1 fully saturated rings. The van der Waals surface area contributed by atoms with Gasteiger partial charge < -0.3 is 14.5 Å². The highest BCUT2D eigenvalue weighted by atomic mass is 32.2. The minimum absolute atomic E-state index is 0.0528. The van der Waals surface area contributed by atoms with Crippen LogP contribution in [0.4, 0.5) is 0 Å². The van der Waals surface area contributed by atoms with E-state index in [0.29, 0.717) is 6.61 Å². The number of rotatable bonds is 4. The Morgan fingerprint density at radius 3 is 2.94 bits per heavy atom. The second-order valence-electron chi connectivity index (χ2n) is 4.03. The first-order valence-corrected chi connectivity index (χ1v) is 7.01. The van der Waals surface area contributed by atoms with Crippen molar-refractivity contribution in [1.29, 1.82) is 0 Å². The molecular formula is C10H14N2O5S. The number of carbonyl (C=O) groups excluding carboxylic acids is 1. The standard InChI is InChI=1S/C10H14N2O5S/c11-18(14,15)8-4-9(12-5-8)10(13)17-6-7-2-1-3-16-7/h4-5,7,12H,1-3,6H2,(H2,11,14,15). The van der Waals surface area contributed by atoms with Crippen molar-refractivity contribution in [2.45, 2.75) is 23.8 Å². The molecule has 7 nitrogen and oxygen atoms in total. The Hall–Kier alpha value is -1.38. The number of ether oxygens (including phenoxy) is 2. The topological polar surface area (TPSA) is 111 Å². The van der Waals surface area contributed by atoms with E-state index in [9.17, 15) is 13.2 Å². The highest BCUT2D eigenvalue weighted by Crippen LogP contribution is 2.14. The first-order valence-electron chi connectivity index (χ1n) is 5.47. The molecule has 1 aliphatic rings. The fourth-order valence-electron chi connectivity index (χ4n) is 1.68. The smallest absolute Gasteiger partial charge is 0.354 e. The zero-order valence-electron chi connectivity index (χ0n) is 9.59. The van der Waals surface area contributed by atoms with Crippen molar-refractivity contribution in [2.24, 2.45) is 5.14 Å². The Kier molecular flexibility index (Phi) is 3.69.